The summed E-state index contributed by atoms with van der Waals surface area (Å²) in [7, 11) is 0. The van der Waals surface area contributed by atoms with E-state index in [1.54, 1.807) is 0 Å². The van der Waals surface area contributed by atoms with Gasteiger partial charge in [0, 0.05) is 25.1 Å². The van der Waals surface area contributed by atoms with E-state index in [0.29, 0.717) is 12.8 Å². The summed E-state index contributed by atoms with van der Waals surface area (Å²) in [6, 6.07) is 0. The van der Waals surface area contributed by atoms with Gasteiger partial charge < -0.3 is 19.6 Å². The molecular formula is C12H18N2O4. The van der Waals surface area contributed by atoms with Gasteiger partial charge in [-0.15, -0.1) is 0 Å². The topological polar surface area (TPSA) is 86.8 Å². The Morgan fingerprint density at radius 2 is 2.00 bits per heavy atom. The van der Waals surface area contributed by atoms with Gasteiger partial charge in [0.05, 0.1) is 17.9 Å². The van der Waals surface area contributed by atoms with Crippen molar-refractivity contribution in [2.45, 2.75) is 38.9 Å². The standard InChI is InChI=1S/C12H18N2O4/c1-7-9(8(2)18-13-7)3-4-12(17)14-5-10(15)11(16)6-14/h10-11,15-16H,3-6H2,1-2H3/t10-,11+. The number of hydrogen-bond acceptors (Lipinski definition) is 5. The molecule has 100 valence electrons. The Bertz CT molecular complexity index is 414. The first-order valence-electron chi connectivity index (χ1n) is 6.04. The van der Waals surface area contributed by atoms with Crippen LogP contribution in [0.4, 0.5) is 0 Å². The van der Waals surface area contributed by atoms with Crippen molar-refractivity contribution in [2.75, 3.05) is 13.1 Å². The highest BCUT2D eigenvalue weighted by Crippen LogP contribution is 2.17. The number of likely N-dealkylation sites (tertiary alicyclic amines) is 1. The Labute approximate surface area is 105 Å². The zero-order chi connectivity index (χ0) is 13.3. The molecule has 1 amide bonds. The van der Waals surface area contributed by atoms with E-state index in [4.69, 9.17) is 4.52 Å². The van der Waals surface area contributed by atoms with Crippen molar-refractivity contribution in [1.29, 1.82) is 0 Å². The minimum absolute atomic E-state index is 0.0643. The molecule has 0 saturated carbocycles. The number of aryl methyl sites for hydroxylation is 2. The number of rotatable bonds is 3. The van der Waals surface area contributed by atoms with Crippen molar-refractivity contribution in [2.24, 2.45) is 0 Å². The smallest absolute Gasteiger partial charge is 0.223 e. The third kappa shape index (κ3) is 2.54. The van der Waals surface area contributed by atoms with Crippen molar-refractivity contribution >= 4 is 5.91 Å². The lowest BCUT2D eigenvalue weighted by atomic mass is 10.1. The highest BCUT2D eigenvalue weighted by Gasteiger charge is 2.32. The Morgan fingerprint density at radius 1 is 1.39 bits per heavy atom. The van der Waals surface area contributed by atoms with Crippen molar-refractivity contribution in [1.82, 2.24) is 10.1 Å². The number of carbonyl (C=O) groups is 1. The molecule has 1 aromatic heterocycles. The van der Waals surface area contributed by atoms with E-state index in [0.717, 1.165) is 17.0 Å². The fraction of sp³-hybridized carbons (Fsp3) is 0.667. The highest BCUT2D eigenvalue weighted by molar-refractivity contribution is 5.77. The Morgan fingerprint density at radius 3 is 2.50 bits per heavy atom. The summed E-state index contributed by atoms with van der Waals surface area (Å²) in [6.45, 7) is 4.09. The van der Waals surface area contributed by atoms with Gasteiger partial charge in [-0.25, -0.2) is 0 Å². The third-order valence-corrected chi connectivity index (χ3v) is 3.38. The van der Waals surface area contributed by atoms with E-state index in [-0.39, 0.29) is 19.0 Å². The van der Waals surface area contributed by atoms with Crippen molar-refractivity contribution in [3.8, 4) is 0 Å². The molecule has 1 saturated heterocycles. The van der Waals surface area contributed by atoms with Gasteiger partial charge in [0.25, 0.3) is 0 Å². The van der Waals surface area contributed by atoms with E-state index >= 15 is 0 Å². The van der Waals surface area contributed by atoms with E-state index < -0.39 is 12.2 Å². The lowest BCUT2D eigenvalue weighted by molar-refractivity contribution is -0.130. The van der Waals surface area contributed by atoms with Crippen LogP contribution in [-0.2, 0) is 11.2 Å². The van der Waals surface area contributed by atoms with Gasteiger partial charge in [-0.05, 0) is 20.3 Å². The number of aliphatic hydroxyl groups is 2. The Hall–Kier alpha value is -1.40. The van der Waals surface area contributed by atoms with Crippen LogP contribution >= 0.6 is 0 Å². The zero-order valence-corrected chi connectivity index (χ0v) is 10.6. The first kappa shape index (κ1) is 13.0. The van der Waals surface area contributed by atoms with Crippen LogP contribution in [-0.4, -0.2) is 51.5 Å². The molecule has 1 aromatic rings. The summed E-state index contributed by atoms with van der Waals surface area (Å²) in [4.78, 5) is 13.4. The molecule has 0 unspecified atom stereocenters. The minimum atomic E-state index is -0.826. The fourth-order valence-corrected chi connectivity index (χ4v) is 2.22. The maximum absolute atomic E-state index is 11.9. The van der Waals surface area contributed by atoms with Crippen LogP contribution in [0.5, 0.6) is 0 Å². The summed E-state index contributed by atoms with van der Waals surface area (Å²) in [5.74, 6) is 0.674. The predicted molar refractivity (Wildman–Crippen MR) is 62.9 cm³/mol. The summed E-state index contributed by atoms with van der Waals surface area (Å²) in [6.07, 6.45) is -0.744. The number of hydrogen-bond donors (Lipinski definition) is 2. The monoisotopic (exact) mass is 254 g/mol. The molecule has 2 rings (SSSR count). The average Bonchev–Trinajstić information content (AvgIpc) is 2.82. The molecule has 2 N–H and O–H groups in total. The molecule has 0 spiro atoms. The van der Waals surface area contributed by atoms with Gasteiger partial charge in [0.1, 0.15) is 5.76 Å². The lowest BCUT2D eigenvalue weighted by Gasteiger charge is -2.14. The summed E-state index contributed by atoms with van der Waals surface area (Å²) >= 11 is 0. The van der Waals surface area contributed by atoms with E-state index in [2.05, 4.69) is 5.16 Å². The molecule has 6 nitrogen and oxygen atoms in total. The molecule has 0 radical (unpaired) electrons. The first-order chi connectivity index (χ1) is 8.49. The van der Waals surface area contributed by atoms with Gasteiger partial charge in [-0.2, -0.15) is 0 Å². The van der Waals surface area contributed by atoms with Crippen molar-refractivity contribution in [3.63, 3.8) is 0 Å². The van der Waals surface area contributed by atoms with Crippen LogP contribution in [0.1, 0.15) is 23.4 Å². The summed E-state index contributed by atoms with van der Waals surface area (Å²) < 4.78 is 5.03. The van der Waals surface area contributed by atoms with E-state index in [1.807, 2.05) is 13.8 Å². The van der Waals surface area contributed by atoms with Crippen LogP contribution < -0.4 is 0 Å². The number of amides is 1. The van der Waals surface area contributed by atoms with Crippen LogP contribution in [0, 0.1) is 13.8 Å². The second-order valence-electron chi connectivity index (χ2n) is 4.74. The van der Waals surface area contributed by atoms with Gasteiger partial charge in [-0.3, -0.25) is 4.79 Å². The molecule has 1 aliphatic rings. The van der Waals surface area contributed by atoms with E-state index in [1.165, 1.54) is 4.90 Å². The molecular weight excluding hydrogens is 236 g/mol. The average molecular weight is 254 g/mol. The van der Waals surface area contributed by atoms with Crippen LogP contribution in [0.15, 0.2) is 4.52 Å². The molecule has 2 atom stereocenters. The van der Waals surface area contributed by atoms with Crippen LogP contribution in [0.25, 0.3) is 0 Å². The molecule has 1 fully saturated rings. The lowest BCUT2D eigenvalue weighted by Crippen LogP contribution is -2.30. The number of aliphatic hydroxyl groups excluding tert-OH is 2. The third-order valence-electron chi connectivity index (χ3n) is 3.38. The van der Waals surface area contributed by atoms with Crippen LogP contribution in [0.3, 0.4) is 0 Å². The first-order valence-corrected chi connectivity index (χ1v) is 6.04. The van der Waals surface area contributed by atoms with Gasteiger partial charge in [0.2, 0.25) is 5.91 Å². The number of carbonyl (C=O) groups excluding carboxylic acids is 1. The molecule has 2 heterocycles. The van der Waals surface area contributed by atoms with Gasteiger partial charge >= 0.3 is 0 Å². The molecule has 0 bridgehead atoms. The predicted octanol–water partition coefficient (Wildman–Crippen LogP) is -0.212. The molecule has 6 heteroatoms. The minimum Gasteiger partial charge on any atom is -0.388 e. The number of nitrogens with zero attached hydrogens (tertiary/aromatic N) is 2. The highest BCUT2D eigenvalue weighted by atomic mass is 16.5. The van der Waals surface area contributed by atoms with Crippen molar-refractivity contribution in [3.05, 3.63) is 17.0 Å². The molecule has 0 aromatic carbocycles. The number of β-amino-alcohol motifs (C(OH)–C–C–N with tert-alkyl or cyclic N) is 2. The molecule has 0 aliphatic carbocycles. The largest absolute Gasteiger partial charge is 0.388 e. The van der Waals surface area contributed by atoms with Gasteiger partial charge in [-0.1, -0.05) is 5.16 Å². The normalized spacial score (nSPS) is 23.7. The Balaban J connectivity index is 1.90. The van der Waals surface area contributed by atoms with Crippen molar-refractivity contribution < 1.29 is 19.5 Å². The quantitative estimate of drug-likeness (QED) is 0.779. The Kier molecular flexibility index (Phi) is 3.68. The van der Waals surface area contributed by atoms with Crippen LogP contribution in [0.2, 0.25) is 0 Å². The van der Waals surface area contributed by atoms with Gasteiger partial charge in [0.15, 0.2) is 0 Å². The second-order valence-corrected chi connectivity index (χ2v) is 4.74. The maximum Gasteiger partial charge on any atom is 0.223 e. The molecule has 18 heavy (non-hydrogen) atoms. The zero-order valence-electron chi connectivity index (χ0n) is 10.6. The maximum atomic E-state index is 11.9. The summed E-state index contributed by atoms with van der Waals surface area (Å²) in [5.41, 5.74) is 1.77. The summed E-state index contributed by atoms with van der Waals surface area (Å²) in [5, 5.41) is 22.6. The SMILES string of the molecule is Cc1noc(C)c1CCC(=O)N1C[C@@H](O)[C@@H](O)C1. The number of aromatic nitrogens is 1. The van der Waals surface area contributed by atoms with E-state index in [9.17, 15) is 15.0 Å². The fourth-order valence-electron chi connectivity index (χ4n) is 2.22. The second kappa shape index (κ2) is 5.07. The molecule has 1 aliphatic heterocycles.